The van der Waals surface area contributed by atoms with Crippen molar-refractivity contribution >= 4 is 11.8 Å². The quantitative estimate of drug-likeness (QED) is 0.489. The lowest BCUT2D eigenvalue weighted by atomic mass is 9.75. The van der Waals surface area contributed by atoms with E-state index in [0.717, 1.165) is 22.3 Å². The second kappa shape index (κ2) is 10.7. The fourth-order valence-corrected chi connectivity index (χ4v) is 5.61. The third-order valence-corrected chi connectivity index (χ3v) is 7.47. The average molecular weight is 517 g/mol. The number of methoxy groups -OCH3 is 4. The highest BCUT2D eigenvalue weighted by molar-refractivity contribution is 6.01. The molecule has 2 unspecified atom stereocenters. The zero-order valence-electron chi connectivity index (χ0n) is 22.1. The molecule has 5 rings (SSSR count). The van der Waals surface area contributed by atoms with Gasteiger partial charge in [0.1, 0.15) is 0 Å². The summed E-state index contributed by atoms with van der Waals surface area (Å²) in [6.07, 6.45) is 1.29. The first-order chi connectivity index (χ1) is 18.5. The minimum absolute atomic E-state index is 0.0552. The number of benzene rings is 3. The first-order valence-electron chi connectivity index (χ1n) is 12.6. The molecule has 198 valence electrons. The lowest BCUT2D eigenvalue weighted by Gasteiger charge is -2.45. The largest absolute Gasteiger partial charge is 0.493 e. The minimum Gasteiger partial charge on any atom is -0.493 e. The van der Waals surface area contributed by atoms with Gasteiger partial charge in [0.05, 0.1) is 40.4 Å². The van der Waals surface area contributed by atoms with Gasteiger partial charge in [-0.3, -0.25) is 9.59 Å². The van der Waals surface area contributed by atoms with E-state index < -0.39 is 12.0 Å². The minimum atomic E-state index is -0.563. The normalized spacial score (nSPS) is 17.6. The third-order valence-electron chi connectivity index (χ3n) is 7.47. The van der Waals surface area contributed by atoms with Crippen LogP contribution in [0.2, 0.25) is 0 Å². The zero-order valence-corrected chi connectivity index (χ0v) is 22.1. The summed E-state index contributed by atoms with van der Waals surface area (Å²) in [7, 11) is 6.39. The number of ether oxygens (including phenoxy) is 4. The van der Waals surface area contributed by atoms with E-state index in [1.807, 2.05) is 59.5 Å². The van der Waals surface area contributed by atoms with Gasteiger partial charge in [-0.25, -0.2) is 0 Å². The number of nitrogens with one attached hydrogen (secondary N) is 1. The maximum Gasteiger partial charge on any atom is 0.254 e. The van der Waals surface area contributed by atoms with Crippen molar-refractivity contribution in [2.75, 3.05) is 41.5 Å². The predicted molar refractivity (Wildman–Crippen MR) is 142 cm³/mol. The van der Waals surface area contributed by atoms with Crippen LogP contribution in [0.1, 0.15) is 44.6 Å². The van der Waals surface area contributed by atoms with E-state index in [1.54, 1.807) is 28.4 Å². The lowest BCUT2D eigenvalue weighted by molar-refractivity contribution is -0.124. The molecule has 2 amide bonds. The number of carbonyl (C=O) groups excluding carboxylic acids is 2. The third kappa shape index (κ3) is 4.40. The molecule has 8 nitrogen and oxygen atoms in total. The van der Waals surface area contributed by atoms with Gasteiger partial charge < -0.3 is 29.2 Å². The molecular weight excluding hydrogens is 484 g/mol. The van der Waals surface area contributed by atoms with E-state index in [4.69, 9.17) is 18.9 Å². The van der Waals surface area contributed by atoms with Crippen molar-refractivity contribution in [2.24, 2.45) is 0 Å². The molecule has 3 aromatic rings. The van der Waals surface area contributed by atoms with Crippen LogP contribution in [0.4, 0.5) is 0 Å². The molecule has 0 aliphatic carbocycles. The van der Waals surface area contributed by atoms with Crippen molar-refractivity contribution < 1.29 is 28.5 Å². The summed E-state index contributed by atoms with van der Waals surface area (Å²) in [5.74, 6) is 1.78. The van der Waals surface area contributed by atoms with Gasteiger partial charge in [-0.05, 0) is 65.4 Å². The molecule has 0 spiro atoms. The highest BCUT2D eigenvalue weighted by Crippen LogP contribution is 2.48. The number of hydrogen-bond donors (Lipinski definition) is 1. The van der Waals surface area contributed by atoms with Gasteiger partial charge in [0.25, 0.3) is 5.91 Å². The van der Waals surface area contributed by atoms with Crippen molar-refractivity contribution in [2.45, 2.75) is 24.8 Å². The monoisotopic (exact) mass is 516 g/mol. The highest BCUT2D eigenvalue weighted by Gasteiger charge is 2.46. The van der Waals surface area contributed by atoms with Gasteiger partial charge in [0, 0.05) is 18.7 Å². The SMILES string of the molecule is COc1ccc(CCNC(=O)C2c3ccccc3C(=O)N3CCc4cc(OC)c(OC)cc4C23)cc1OC. The van der Waals surface area contributed by atoms with Crippen LogP contribution in [0.5, 0.6) is 23.0 Å². The maximum absolute atomic E-state index is 13.9. The molecule has 0 fully saturated rings. The van der Waals surface area contributed by atoms with Gasteiger partial charge in [-0.2, -0.15) is 0 Å². The zero-order chi connectivity index (χ0) is 26.8. The summed E-state index contributed by atoms with van der Waals surface area (Å²) in [5, 5.41) is 3.13. The molecule has 1 N–H and O–H groups in total. The van der Waals surface area contributed by atoms with Crippen LogP contribution in [0.25, 0.3) is 0 Å². The fraction of sp³-hybridized carbons (Fsp3) is 0.333. The Morgan fingerprint density at radius 2 is 1.55 bits per heavy atom. The molecule has 0 radical (unpaired) electrons. The topological polar surface area (TPSA) is 86.3 Å². The molecule has 2 heterocycles. The molecule has 2 aliphatic rings. The van der Waals surface area contributed by atoms with E-state index in [9.17, 15) is 9.59 Å². The summed E-state index contributed by atoms with van der Waals surface area (Å²) in [6.45, 7) is 0.960. The van der Waals surface area contributed by atoms with Crippen LogP contribution in [-0.2, 0) is 17.6 Å². The smallest absolute Gasteiger partial charge is 0.254 e. The Hall–Kier alpha value is -4.20. The van der Waals surface area contributed by atoms with Gasteiger partial charge in [0.2, 0.25) is 5.91 Å². The molecular formula is C30H32N2O6. The summed E-state index contributed by atoms with van der Waals surface area (Å²) in [6, 6.07) is 16.6. The van der Waals surface area contributed by atoms with E-state index in [1.165, 1.54) is 0 Å². The molecule has 0 saturated carbocycles. The molecule has 8 heteroatoms. The van der Waals surface area contributed by atoms with Crippen LogP contribution in [0, 0.1) is 0 Å². The van der Waals surface area contributed by atoms with Crippen LogP contribution >= 0.6 is 0 Å². The second-order valence-corrected chi connectivity index (χ2v) is 9.39. The summed E-state index contributed by atoms with van der Waals surface area (Å²) >= 11 is 0. The van der Waals surface area contributed by atoms with Crippen molar-refractivity contribution in [1.29, 1.82) is 0 Å². The fourth-order valence-electron chi connectivity index (χ4n) is 5.61. The Labute approximate surface area is 222 Å². The molecule has 3 aromatic carbocycles. The Kier molecular flexibility index (Phi) is 7.13. The lowest BCUT2D eigenvalue weighted by Crippen LogP contribution is -2.50. The van der Waals surface area contributed by atoms with E-state index in [0.29, 0.717) is 54.5 Å². The standard InChI is InChI=1S/C30H32N2O6/c1-35-23-10-9-18(15-24(23)36-2)11-13-31-29(33)27-20-7-5-6-8-21(20)30(34)32-14-12-19-16-25(37-3)26(38-4)17-22(19)28(27)32/h5-10,15-17,27-28H,11-14H2,1-4H3,(H,31,33). The first kappa shape index (κ1) is 25.4. The van der Waals surface area contributed by atoms with Crippen LogP contribution in [0.15, 0.2) is 54.6 Å². The Bertz CT molecular complexity index is 1370. The Morgan fingerprint density at radius 1 is 0.868 bits per heavy atom. The Morgan fingerprint density at radius 3 is 2.29 bits per heavy atom. The van der Waals surface area contributed by atoms with Gasteiger partial charge >= 0.3 is 0 Å². The van der Waals surface area contributed by atoms with E-state index >= 15 is 0 Å². The molecule has 38 heavy (non-hydrogen) atoms. The summed E-state index contributed by atoms with van der Waals surface area (Å²) in [5.41, 5.74) is 4.30. The molecule has 0 saturated heterocycles. The maximum atomic E-state index is 13.9. The summed E-state index contributed by atoms with van der Waals surface area (Å²) < 4.78 is 21.8. The second-order valence-electron chi connectivity index (χ2n) is 9.39. The predicted octanol–water partition coefficient (Wildman–Crippen LogP) is 3.92. The molecule has 0 aromatic heterocycles. The number of rotatable bonds is 8. The highest BCUT2D eigenvalue weighted by atomic mass is 16.5. The van der Waals surface area contributed by atoms with Gasteiger partial charge in [-0.1, -0.05) is 24.3 Å². The number of amides is 2. The molecule has 0 bridgehead atoms. The van der Waals surface area contributed by atoms with E-state index in [-0.39, 0.29) is 11.8 Å². The van der Waals surface area contributed by atoms with Gasteiger partial charge in [-0.15, -0.1) is 0 Å². The Balaban J connectivity index is 1.46. The van der Waals surface area contributed by atoms with Crippen molar-refractivity contribution in [3.8, 4) is 23.0 Å². The average Bonchev–Trinajstić information content (AvgIpc) is 2.96. The number of hydrogen-bond acceptors (Lipinski definition) is 6. The van der Waals surface area contributed by atoms with Crippen molar-refractivity contribution in [3.05, 3.63) is 82.4 Å². The molecule has 2 atom stereocenters. The van der Waals surface area contributed by atoms with Crippen molar-refractivity contribution in [3.63, 3.8) is 0 Å². The van der Waals surface area contributed by atoms with Crippen LogP contribution < -0.4 is 24.3 Å². The van der Waals surface area contributed by atoms with Crippen molar-refractivity contribution in [1.82, 2.24) is 10.2 Å². The van der Waals surface area contributed by atoms with Gasteiger partial charge in [0.15, 0.2) is 23.0 Å². The summed E-state index contributed by atoms with van der Waals surface area (Å²) in [4.78, 5) is 29.2. The van der Waals surface area contributed by atoms with E-state index in [2.05, 4.69) is 5.32 Å². The number of fused-ring (bicyclic) bond motifs is 4. The van der Waals surface area contributed by atoms with Crippen LogP contribution in [0.3, 0.4) is 0 Å². The number of nitrogens with zero attached hydrogens (tertiary/aromatic N) is 1. The first-order valence-corrected chi connectivity index (χ1v) is 12.6. The number of carbonyl (C=O) groups is 2. The molecule has 2 aliphatic heterocycles. The van der Waals surface area contributed by atoms with Crippen LogP contribution in [-0.4, -0.2) is 58.2 Å².